The smallest absolute Gasteiger partial charge is 0.348 e. The largest absolute Gasteiger partial charge is 0.483 e. The Morgan fingerprint density at radius 2 is 2.40 bits per heavy atom. The van der Waals surface area contributed by atoms with Crippen LogP contribution in [0.1, 0.15) is 5.82 Å². The average molecular weight is 207 g/mol. The van der Waals surface area contributed by atoms with Gasteiger partial charge >= 0.3 is 5.69 Å². The molecule has 0 radical (unpaired) electrons. The molecule has 0 saturated heterocycles. The van der Waals surface area contributed by atoms with Gasteiger partial charge in [0, 0.05) is 6.07 Å². The molecule has 0 fully saturated rings. The van der Waals surface area contributed by atoms with Crippen LogP contribution in [0.2, 0.25) is 0 Å². The molecule has 0 saturated carbocycles. The molecule has 0 bridgehead atoms. The molecular weight excluding hydrogens is 201 g/mol. The Morgan fingerprint density at radius 1 is 1.53 bits per heavy atom. The van der Waals surface area contributed by atoms with Gasteiger partial charge in [0.05, 0.1) is 5.69 Å². The zero-order valence-corrected chi connectivity index (χ0v) is 7.53. The first-order chi connectivity index (χ1) is 7.25. The summed E-state index contributed by atoms with van der Waals surface area (Å²) in [6.07, 6.45) is 0. The Balaban J connectivity index is 2.36. The van der Waals surface area contributed by atoms with Gasteiger partial charge < -0.3 is 4.74 Å². The van der Waals surface area contributed by atoms with E-state index in [9.17, 15) is 9.18 Å². The summed E-state index contributed by atoms with van der Waals surface area (Å²) in [5.41, 5.74) is -0.00449. The normalized spacial score (nSPS) is 12.9. The molecule has 2 aromatic rings. The topological polar surface area (TPSA) is 59.9 Å². The van der Waals surface area contributed by atoms with Gasteiger partial charge in [0.15, 0.2) is 5.82 Å². The minimum absolute atomic E-state index is 0.206. The Bertz CT molecular complexity index is 587. The SMILES string of the molecule is O=c1[nH]nc2n1-c1cc(F)ccc1OC2. The highest BCUT2D eigenvalue weighted by Gasteiger charge is 2.20. The lowest BCUT2D eigenvalue weighted by molar-refractivity contribution is 0.278. The third kappa shape index (κ3) is 1.08. The molecule has 0 spiro atoms. The fourth-order valence-corrected chi connectivity index (χ4v) is 1.60. The highest BCUT2D eigenvalue weighted by Crippen LogP contribution is 2.27. The fourth-order valence-electron chi connectivity index (χ4n) is 1.60. The van der Waals surface area contributed by atoms with Crippen LogP contribution in [0.25, 0.3) is 5.69 Å². The third-order valence-corrected chi connectivity index (χ3v) is 2.26. The van der Waals surface area contributed by atoms with E-state index in [0.717, 1.165) is 0 Å². The molecule has 2 heterocycles. The molecule has 1 aliphatic heterocycles. The highest BCUT2D eigenvalue weighted by atomic mass is 19.1. The van der Waals surface area contributed by atoms with E-state index in [-0.39, 0.29) is 12.3 Å². The average Bonchev–Trinajstić information content (AvgIpc) is 2.60. The maximum Gasteiger partial charge on any atom is 0.348 e. The second-order valence-corrected chi connectivity index (χ2v) is 3.18. The summed E-state index contributed by atoms with van der Waals surface area (Å²) in [7, 11) is 0. The highest BCUT2D eigenvalue weighted by molar-refractivity contribution is 5.48. The molecule has 0 aliphatic carbocycles. The Labute approximate surface area is 83.1 Å². The molecule has 5 nitrogen and oxygen atoms in total. The van der Waals surface area contributed by atoms with Crippen molar-refractivity contribution in [2.45, 2.75) is 6.61 Å². The molecule has 6 heteroatoms. The van der Waals surface area contributed by atoms with Gasteiger partial charge in [-0.1, -0.05) is 0 Å². The molecule has 1 aromatic carbocycles. The van der Waals surface area contributed by atoms with Gasteiger partial charge in [-0.25, -0.2) is 18.9 Å². The van der Waals surface area contributed by atoms with Crippen LogP contribution in [0, 0.1) is 5.82 Å². The summed E-state index contributed by atoms with van der Waals surface area (Å²) < 4.78 is 19.6. The summed E-state index contributed by atoms with van der Waals surface area (Å²) in [5.74, 6) is 0.504. The second-order valence-electron chi connectivity index (χ2n) is 3.18. The van der Waals surface area contributed by atoms with E-state index >= 15 is 0 Å². The fraction of sp³-hybridized carbons (Fsp3) is 0.111. The van der Waals surface area contributed by atoms with Gasteiger partial charge in [0.1, 0.15) is 18.2 Å². The number of nitrogens with one attached hydrogen (secondary N) is 1. The van der Waals surface area contributed by atoms with Crippen LogP contribution in [0.15, 0.2) is 23.0 Å². The van der Waals surface area contributed by atoms with Crippen LogP contribution < -0.4 is 10.4 Å². The summed E-state index contributed by atoms with van der Waals surface area (Å²) in [6, 6.07) is 4.02. The minimum atomic E-state index is -0.418. The summed E-state index contributed by atoms with van der Waals surface area (Å²) in [5, 5.41) is 6.06. The number of ether oxygens (including phenoxy) is 1. The quantitative estimate of drug-likeness (QED) is 0.687. The van der Waals surface area contributed by atoms with Crippen LogP contribution in [-0.2, 0) is 6.61 Å². The summed E-state index contributed by atoms with van der Waals surface area (Å²) in [4.78, 5) is 11.4. The van der Waals surface area contributed by atoms with E-state index in [2.05, 4.69) is 10.2 Å². The van der Waals surface area contributed by atoms with E-state index in [0.29, 0.717) is 17.3 Å². The van der Waals surface area contributed by atoms with Crippen molar-refractivity contribution in [2.75, 3.05) is 0 Å². The second kappa shape index (κ2) is 2.69. The van der Waals surface area contributed by atoms with Crippen molar-refractivity contribution in [3.05, 3.63) is 40.3 Å². The molecule has 0 amide bonds. The van der Waals surface area contributed by atoms with Crippen LogP contribution in [0.4, 0.5) is 4.39 Å². The molecule has 15 heavy (non-hydrogen) atoms. The molecule has 76 valence electrons. The van der Waals surface area contributed by atoms with E-state index < -0.39 is 5.82 Å². The van der Waals surface area contributed by atoms with Gasteiger partial charge in [-0.2, -0.15) is 5.10 Å². The van der Waals surface area contributed by atoms with E-state index in [1.807, 2.05) is 0 Å². The van der Waals surface area contributed by atoms with Gasteiger partial charge in [-0.15, -0.1) is 0 Å². The van der Waals surface area contributed by atoms with E-state index in [4.69, 9.17) is 4.74 Å². The molecule has 1 N–H and O–H groups in total. The standard InChI is InChI=1S/C9H6FN3O2/c10-5-1-2-7-6(3-5)13-8(4-15-7)11-12-9(13)14/h1-3H,4H2,(H,12,14). The van der Waals surface area contributed by atoms with Crippen molar-refractivity contribution in [3.8, 4) is 11.4 Å². The predicted octanol–water partition coefficient (Wildman–Crippen LogP) is 0.592. The van der Waals surface area contributed by atoms with Crippen LogP contribution in [-0.4, -0.2) is 14.8 Å². The van der Waals surface area contributed by atoms with Crippen molar-refractivity contribution in [2.24, 2.45) is 0 Å². The monoisotopic (exact) mass is 207 g/mol. The lowest BCUT2D eigenvalue weighted by atomic mass is 10.2. The number of rotatable bonds is 0. The first-order valence-electron chi connectivity index (χ1n) is 4.35. The number of fused-ring (bicyclic) bond motifs is 3. The van der Waals surface area contributed by atoms with Crippen molar-refractivity contribution in [1.82, 2.24) is 14.8 Å². The summed E-state index contributed by atoms with van der Waals surface area (Å²) in [6.45, 7) is 0.206. The maximum atomic E-state index is 13.0. The zero-order chi connectivity index (χ0) is 10.4. The third-order valence-electron chi connectivity index (χ3n) is 2.26. The Morgan fingerprint density at radius 3 is 3.27 bits per heavy atom. The van der Waals surface area contributed by atoms with Crippen molar-refractivity contribution in [3.63, 3.8) is 0 Å². The molecule has 1 aromatic heterocycles. The number of aromatic nitrogens is 3. The van der Waals surface area contributed by atoms with E-state index in [1.54, 1.807) is 0 Å². The maximum absolute atomic E-state index is 13.0. The number of nitrogens with zero attached hydrogens (tertiary/aromatic N) is 2. The zero-order valence-electron chi connectivity index (χ0n) is 7.53. The number of hydrogen-bond donors (Lipinski definition) is 1. The lowest BCUT2D eigenvalue weighted by Crippen LogP contribution is -2.22. The van der Waals surface area contributed by atoms with Crippen molar-refractivity contribution >= 4 is 0 Å². The first kappa shape index (κ1) is 8.22. The number of halogens is 1. The van der Waals surface area contributed by atoms with Gasteiger partial charge in [-0.05, 0) is 12.1 Å². The number of benzene rings is 1. The molecule has 0 atom stereocenters. The predicted molar refractivity (Wildman–Crippen MR) is 48.5 cm³/mol. The minimum Gasteiger partial charge on any atom is -0.483 e. The number of hydrogen-bond acceptors (Lipinski definition) is 3. The van der Waals surface area contributed by atoms with Crippen molar-refractivity contribution in [1.29, 1.82) is 0 Å². The van der Waals surface area contributed by atoms with Gasteiger partial charge in [0.2, 0.25) is 0 Å². The Hall–Kier alpha value is -2.11. The first-order valence-corrected chi connectivity index (χ1v) is 4.35. The van der Waals surface area contributed by atoms with Crippen LogP contribution in [0.5, 0.6) is 5.75 Å². The van der Waals surface area contributed by atoms with Crippen LogP contribution in [0.3, 0.4) is 0 Å². The molecule has 3 rings (SSSR count). The Kier molecular flexibility index (Phi) is 1.47. The lowest BCUT2D eigenvalue weighted by Gasteiger charge is -2.17. The molecule has 1 aliphatic rings. The number of H-pyrrole nitrogens is 1. The van der Waals surface area contributed by atoms with Crippen molar-refractivity contribution < 1.29 is 9.13 Å². The summed E-state index contributed by atoms with van der Waals surface area (Å²) >= 11 is 0. The van der Waals surface area contributed by atoms with Gasteiger partial charge in [0.25, 0.3) is 0 Å². The van der Waals surface area contributed by atoms with Crippen LogP contribution >= 0.6 is 0 Å². The molecular formula is C9H6FN3O2. The van der Waals surface area contributed by atoms with Gasteiger partial charge in [-0.3, -0.25) is 0 Å². The van der Waals surface area contributed by atoms with E-state index in [1.165, 1.54) is 22.8 Å². The molecule has 0 unspecified atom stereocenters. The number of aromatic amines is 1.